The Bertz CT molecular complexity index is 398. The summed E-state index contributed by atoms with van der Waals surface area (Å²) in [7, 11) is 0. The van der Waals surface area contributed by atoms with Crippen LogP contribution in [-0.2, 0) is 17.8 Å². The molecule has 3 heteroatoms. The van der Waals surface area contributed by atoms with Gasteiger partial charge in [-0.1, -0.05) is 6.07 Å². The van der Waals surface area contributed by atoms with Gasteiger partial charge in [0, 0.05) is 37.3 Å². The molecule has 1 aromatic rings. The van der Waals surface area contributed by atoms with Crippen molar-refractivity contribution < 1.29 is 4.79 Å². The molecule has 1 amide bonds. The highest BCUT2D eigenvalue weighted by Crippen LogP contribution is 2.32. The van der Waals surface area contributed by atoms with Crippen molar-refractivity contribution in [1.29, 1.82) is 0 Å². The van der Waals surface area contributed by atoms with Crippen LogP contribution >= 0.6 is 0 Å². The number of hydrogen-bond donors (Lipinski definition) is 0. The fraction of sp³-hybridized carbons (Fsp3) is 0.500. The van der Waals surface area contributed by atoms with Gasteiger partial charge in [0.25, 0.3) is 0 Å². The summed E-state index contributed by atoms with van der Waals surface area (Å²) in [5, 5.41) is 0. The van der Waals surface area contributed by atoms with Crippen molar-refractivity contribution in [2.75, 3.05) is 6.54 Å². The molecule has 3 nitrogen and oxygen atoms in total. The first-order chi connectivity index (χ1) is 7.34. The van der Waals surface area contributed by atoms with Crippen molar-refractivity contribution in [2.24, 2.45) is 5.92 Å². The van der Waals surface area contributed by atoms with Crippen LogP contribution in [0, 0.1) is 5.92 Å². The van der Waals surface area contributed by atoms with E-state index in [1.165, 1.54) is 5.56 Å². The molecule has 3 rings (SSSR count). The first kappa shape index (κ1) is 8.89. The van der Waals surface area contributed by atoms with Crippen LogP contribution in [0.5, 0.6) is 0 Å². The van der Waals surface area contributed by atoms with Crippen molar-refractivity contribution in [2.45, 2.75) is 25.8 Å². The second-order valence-electron chi connectivity index (χ2n) is 4.39. The molecular formula is C12H14N2O. The Morgan fingerprint density at radius 1 is 1.47 bits per heavy atom. The van der Waals surface area contributed by atoms with Gasteiger partial charge in [0.15, 0.2) is 0 Å². The molecule has 1 aliphatic carbocycles. The minimum absolute atomic E-state index is 0.336. The number of pyridine rings is 1. The number of nitrogens with zero attached hydrogens (tertiary/aromatic N) is 2. The first-order valence-corrected chi connectivity index (χ1v) is 5.56. The summed E-state index contributed by atoms with van der Waals surface area (Å²) in [6.07, 6.45) is 4.93. The van der Waals surface area contributed by atoms with Gasteiger partial charge in [0.05, 0.1) is 0 Å². The third kappa shape index (κ3) is 1.62. The smallest absolute Gasteiger partial charge is 0.225 e. The third-order valence-corrected chi connectivity index (χ3v) is 3.20. The van der Waals surface area contributed by atoms with Crippen LogP contribution < -0.4 is 0 Å². The van der Waals surface area contributed by atoms with Crippen LogP contribution in [0.2, 0.25) is 0 Å². The molecule has 0 unspecified atom stereocenters. The first-order valence-electron chi connectivity index (χ1n) is 5.56. The average molecular weight is 202 g/mol. The topological polar surface area (TPSA) is 33.2 Å². The Kier molecular flexibility index (Phi) is 1.97. The Balaban J connectivity index is 1.79. The second-order valence-corrected chi connectivity index (χ2v) is 4.39. The Hall–Kier alpha value is -1.38. The van der Waals surface area contributed by atoms with E-state index >= 15 is 0 Å². The van der Waals surface area contributed by atoms with E-state index < -0.39 is 0 Å². The van der Waals surface area contributed by atoms with Crippen molar-refractivity contribution >= 4 is 5.91 Å². The van der Waals surface area contributed by atoms with Crippen LogP contribution in [0.1, 0.15) is 24.1 Å². The zero-order valence-corrected chi connectivity index (χ0v) is 8.65. The zero-order chi connectivity index (χ0) is 10.3. The van der Waals surface area contributed by atoms with Crippen LogP contribution in [-0.4, -0.2) is 22.3 Å². The van der Waals surface area contributed by atoms with Crippen LogP contribution in [0.25, 0.3) is 0 Å². The highest BCUT2D eigenvalue weighted by Gasteiger charge is 2.34. The monoisotopic (exact) mass is 202 g/mol. The Morgan fingerprint density at radius 2 is 2.33 bits per heavy atom. The highest BCUT2D eigenvalue weighted by molar-refractivity contribution is 5.81. The summed E-state index contributed by atoms with van der Waals surface area (Å²) < 4.78 is 0. The predicted octanol–water partition coefficient (Wildman–Crippen LogP) is 1.38. The van der Waals surface area contributed by atoms with Crippen molar-refractivity contribution in [3.8, 4) is 0 Å². The maximum atomic E-state index is 11.9. The molecule has 1 saturated carbocycles. The molecule has 0 bridgehead atoms. The fourth-order valence-electron chi connectivity index (χ4n) is 2.14. The minimum Gasteiger partial charge on any atom is -0.338 e. The van der Waals surface area contributed by atoms with E-state index in [2.05, 4.69) is 11.1 Å². The van der Waals surface area contributed by atoms with E-state index in [0.29, 0.717) is 11.8 Å². The van der Waals surface area contributed by atoms with Gasteiger partial charge >= 0.3 is 0 Å². The molecular weight excluding hydrogens is 188 g/mol. The number of carbonyl (C=O) groups excluding carboxylic acids is 1. The SMILES string of the molecule is O=C(C1CC1)N1CCc2ncccc2C1. The van der Waals surface area contributed by atoms with E-state index in [-0.39, 0.29) is 0 Å². The Labute approximate surface area is 89.1 Å². The molecule has 0 N–H and O–H groups in total. The molecule has 15 heavy (non-hydrogen) atoms. The number of carbonyl (C=O) groups is 1. The van der Waals surface area contributed by atoms with E-state index in [9.17, 15) is 4.79 Å². The van der Waals surface area contributed by atoms with Gasteiger partial charge < -0.3 is 4.90 Å². The summed E-state index contributed by atoms with van der Waals surface area (Å²) in [4.78, 5) is 18.2. The fourth-order valence-corrected chi connectivity index (χ4v) is 2.14. The lowest BCUT2D eigenvalue weighted by atomic mass is 10.1. The van der Waals surface area contributed by atoms with Gasteiger partial charge in [-0.3, -0.25) is 9.78 Å². The van der Waals surface area contributed by atoms with Gasteiger partial charge in [-0.25, -0.2) is 0 Å². The minimum atomic E-state index is 0.336. The van der Waals surface area contributed by atoms with E-state index in [4.69, 9.17) is 0 Å². The number of fused-ring (bicyclic) bond motifs is 1. The highest BCUT2D eigenvalue weighted by atomic mass is 16.2. The molecule has 2 heterocycles. The molecule has 0 radical (unpaired) electrons. The average Bonchev–Trinajstić information content (AvgIpc) is 3.11. The molecule has 0 saturated heterocycles. The standard InChI is InChI=1S/C12H14N2O/c15-12(9-3-4-9)14-7-5-11-10(8-14)2-1-6-13-11/h1-2,6,9H,3-5,7-8H2. The number of rotatable bonds is 1. The number of aromatic nitrogens is 1. The van der Waals surface area contributed by atoms with Crippen LogP contribution in [0.4, 0.5) is 0 Å². The maximum absolute atomic E-state index is 11.9. The molecule has 78 valence electrons. The molecule has 0 atom stereocenters. The van der Waals surface area contributed by atoms with Gasteiger partial charge in [0.1, 0.15) is 0 Å². The molecule has 0 aromatic carbocycles. The second kappa shape index (κ2) is 3.33. The quantitative estimate of drug-likeness (QED) is 0.689. The molecule has 1 aromatic heterocycles. The third-order valence-electron chi connectivity index (χ3n) is 3.20. The summed E-state index contributed by atoms with van der Waals surface area (Å²) in [6, 6.07) is 4.03. The lowest BCUT2D eigenvalue weighted by molar-refractivity contribution is -0.133. The summed E-state index contributed by atoms with van der Waals surface area (Å²) in [5.74, 6) is 0.688. The molecule has 0 spiro atoms. The van der Waals surface area contributed by atoms with E-state index in [1.807, 2.05) is 17.2 Å². The molecule has 1 aliphatic heterocycles. The number of amides is 1. The maximum Gasteiger partial charge on any atom is 0.225 e. The largest absolute Gasteiger partial charge is 0.338 e. The van der Waals surface area contributed by atoms with Crippen molar-refractivity contribution in [1.82, 2.24) is 9.88 Å². The molecule has 1 fully saturated rings. The summed E-state index contributed by atoms with van der Waals surface area (Å²) >= 11 is 0. The Morgan fingerprint density at radius 3 is 3.13 bits per heavy atom. The number of hydrogen-bond acceptors (Lipinski definition) is 2. The predicted molar refractivity (Wildman–Crippen MR) is 56.1 cm³/mol. The van der Waals surface area contributed by atoms with Gasteiger partial charge in [-0.05, 0) is 24.5 Å². The van der Waals surface area contributed by atoms with E-state index in [0.717, 1.165) is 38.0 Å². The zero-order valence-electron chi connectivity index (χ0n) is 8.65. The van der Waals surface area contributed by atoms with Crippen LogP contribution in [0.3, 0.4) is 0 Å². The summed E-state index contributed by atoms with van der Waals surface area (Å²) in [5.41, 5.74) is 2.38. The van der Waals surface area contributed by atoms with Gasteiger partial charge in [-0.15, -0.1) is 0 Å². The lowest BCUT2D eigenvalue weighted by Crippen LogP contribution is -2.37. The normalized spacial score (nSPS) is 19.9. The van der Waals surface area contributed by atoms with Gasteiger partial charge in [-0.2, -0.15) is 0 Å². The van der Waals surface area contributed by atoms with Crippen molar-refractivity contribution in [3.63, 3.8) is 0 Å². The van der Waals surface area contributed by atoms with Gasteiger partial charge in [0.2, 0.25) is 5.91 Å². The summed E-state index contributed by atoms with van der Waals surface area (Å²) in [6.45, 7) is 1.61. The molecule has 2 aliphatic rings. The lowest BCUT2D eigenvalue weighted by Gasteiger charge is -2.28. The van der Waals surface area contributed by atoms with Crippen molar-refractivity contribution in [3.05, 3.63) is 29.6 Å². The van der Waals surface area contributed by atoms with Crippen LogP contribution in [0.15, 0.2) is 18.3 Å². The van der Waals surface area contributed by atoms with E-state index in [1.54, 1.807) is 0 Å².